The zero-order chi connectivity index (χ0) is 17.4. The number of aromatic nitrogens is 2. The van der Waals surface area contributed by atoms with Gasteiger partial charge in [-0.15, -0.1) is 11.3 Å². The Hall–Kier alpha value is -1.92. The van der Waals surface area contributed by atoms with E-state index in [1.165, 1.54) is 22.2 Å². The van der Waals surface area contributed by atoms with Gasteiger partial charge in [0.25, 0.3) is 0 Å². The number of carboxylic acid groups (broad SMARTS) is 1. The third-order valence-corrected chi connectivity index (χ3v) is 5.86. The van der Waals surface area contributed by atoms with Gasteiger partial charge < -0.3 is 5.11 Å². The van der Waals surface area contributed by atoms with E-state index in [0.29, 0.717) is 5.82 Å². The van der Waals surface area contributed by atoms with Crippen LogP contribution in [-0.2, 0) is 4.79 Å². The summed E-state index contributed by atoms with van der Waals surface area (Å²) in [6, 6.07) is 8.36. The van der Waals surface area contributed by atoms with Crippen LogP contribution >= 0.6 is 23.1 Å². The summed E-state index contributed by atoms with van der Waals surface area (Å²) in [7, 11) is 0. The number of rotatable bonds is 4. The van der Waals surface area contributed by atoms with Crippen LogP contribution in [0.2, 0.25) is 0 Å². The molecule has 1 atom stereocenters. The molecule has 24 heavy (non-hydrogen) atoms. The van der Waals surface area contributed by atoms with Crippen molar-refractivity contribution in [3.63, 3.8) is 0 Å². The molecule has 0 bridgehead atoms. The summed E-state index contributed by atoms with van der Waals surface area (Å²) in [6.45, 7) is 7.66. The molecule has 1 unspecified atom stereocenters. The van der Waals surface area contributed by atoms with Crippen LogP contribution in [0.15, 0.2) is 29.3 Å². The Morgan fingerprint density at radius 2 is 1.83 bits per heavy atom. The fourth-order valence-corrected chi connectivity index (χ4v) is 4.65. The topological polar surface area (TPSA) is 63.1 Å². The van der Waals surface area contributed by atoms with Crippen LogP contribution in [0.5, 0.6) is 0 Å². The van der Waals surface area contributed by atoms with Crippen molar-refractivity contribution in [3.05, 3.63) is 40.5 Å². The average molecular weight is 358 g/mol. The van der Waals surface area contributed by atoms with Crippen LogP contribution in [0.1, 0.15) is 23.2 Å². The summed E-state index contributed by atoms with van der Waals surface area (Å²) in [5.74, 6) is -0.174. The maximum Gasteiger partial charge on any atom is 0.316 e. The van der Waals surface area contributed by atoms with Crippen molar-refractivity contribution in [2.75, 3.05) is 0 Å². The van der Waals surface area contributed by atoms with Crippen molar-refractivity contribution in [3.8, 4) is 11.1 Å². The van der Waals surface area contributed by atoms with E-state index in [1.54, 1.807) is 18.3 Å². The van der Waals surface area contributed by atoms with Gasteiger partial charge in [0.2, 0.25) is 0 Å². The molecule has 0 radical (unpaired) electrons. The van der Waals surface area contributed by atoms with Gasteiger partial charge in [0.15, 0.2) is 0 Å². The van der Waals surface area contributed by atoms with Crippen molar-refractivity contribution >= 4 is 39.3 Å². The standard InChI is InChI=1S/C18H18N2O2S2/c1-9-5-7-13(8-6-9)14-10(2)23-16-15(14)17(20-12(4)19-16)24-11(3)18(21)22/h5-8,11H,1-4H3,(H,21,22). The molecule has 4 nitrogen and oxygen atoms in total. The average Bonchev–Trinajstić information content (AvgIpc) is 2.84. The second kappa shape index (κ2) is 6.53. The van der Waals surface area contributed by atoms with E-state index in [4.69, 9.17) is 0 Å². The third kappa shape index (κ3) is 3.16. The monoisotopic (exact) mass is 358 g/mol. The summed E-state index contributed by atoms with van der Waals surface area (Å²) in [5, 5.41) is 10.4. The molecule has 0 fully saturated rings. The number of hydrogen-bond donors (Lipinski definition) is 1. The Bertz CT molecular complexity index is 917. The highest BCUT2D eigenvalue weighted by atomic mass is 32.2. The van der Waals surface area contributed by atoms with E-state index >= 15 is 0 Å². The Morgan fingerprint density at radius 1 is 1.17 bits per heavy atom. The molecule has 2 aromatic heterocycles. The Kier molecular flexibility index (Phi) is 4.60. The largest absolute Gasteiger partial charge is 0.480 e. The quantitative estimate of drug-likeness (QED) is 0.533. The van der Waals surface area contributed by atoms with Gasteiger partial charge in [-0.25, -0.2) is 9.97 Å². The number of aliphatic carboxylic acids is 1. The van der Waals surface area contributed by atoms with Gasteiger partial charge in [0.05, 0.1) is 5.39 Å². The van der Waals surface area contributed by atoms with Crippen LogP contribution in [-0.4, -0.2) is 26.3 Å². The van der Waals surface area contributed by atoms with Crippen LogP contribution in [0.3, 0.4) is 0 Å². The molecule has 0 saturated carbocycles. The highest BCUT2D eigenvalue weighted by Gasteiger charge is 2.21. The fourth-order valence-electron chi connectivity index (χ4n) is 2.55. The highest BCUT2D eigenvalue weighted by Crippen LogP contribution is 2.42. The lowest BCUT2D eigenvalue weighted by atomic mass is 10.0. The molecule has 0 aliphatic rings. The first kappa shape index (κ1) is 16.9. The molecule has 1 N–H and O–H groups in total. The van der Waals surface area contributed by atoms with Crippen molar-refractivity contribution in [2.45, 2.75) is 38.0 Å². The summed E-state index contributed by atoms with van der Waals surface area (Å²) in [4.78, 5) is 22.4. The minimum Gasteiger partial charge on any atom is -0.480 e. The van der Waals surface area contributed by atoms with Crippen LogP contribution in [0.25, 0.3) is 21.3 Å². The predicted octanol–water partition coefficient (Wildman–Crippen LogP) is 4.85. The molecule has 0 saturated heterocycles. The number of carboxylic acids is 1. The van der Waals surface area contributed by atoms with Gasteiger partial charge in [-0.2, -0.15) is 0 Å². The first-order chi connectivity index (χ1) is 11.4. The number of nitrogens with zero attached hydrogens (tertiary/aromatic N) is 2. The fraction of sp³-hybridized carbons (Fsp3) is 0.278. The van der Waals surface area contributed by atoms with Gasteiger partial charge in [-0.1, -0.05) is 41.6 Å². The molecular formula is C18H18N2O2S2. The first-order valence-corrected chi connectivity index (χ1v) is 9.30. The lowest BCUT2D eigenvalue weighted by Gasteiger charge is -2.10. The predicted molar refractivity (Wildman–Crippen MR) is 100 cm³/mol. The first-order valence-electron chi connectivity index (χ1n) is 7.61. The normalized spacial score (nSPS) is 12.5. The second-order valence-corrected chi connectivity index (χ2v) is 8.29. The van der Waals surface area contributed by atoms with Gasteiger partial charge >= 0.3 is 5.97 Å². The van der Waals surface area contributed by atoms with Gasteiger partial charge in [-0.05, 0) is 33.3 Å². The van der Waals surface area contributed by atoms with Crippen molar-refractivity contribution in [2.24, 2.45) is 0 Å². The number of thiophene rings is 1. The minimum absolute atomic E-state index is 0.562. The van der Waals surface area contributed by atoms with Crippen molar-refractivity contribution in [1.29, 1.82) is 0 Å². The van der Waals surface area contributed by atoms with Gasteiger partial charge in [0.1, 0.15) is 20.9 Å². The van der Waals surface area contributed by atoms with Crippen LogP contribution < -0.4 is 0 Å². The molecule has 2 heterocycles. The smallest absolute Gasteiger partial charge is 0.316 e. The molecule has 3 rings (SSSR count). The maximum atomic E-state index is 11.3. The van der Waals surface area contributed by atoms with E-state index in [2.05, 4.69) is 48.1 Å². The van der Waals surface area contributed by atoms with Gasteiger partial charge in [-0.3, -0.25) is 4.79 Å². The van der Waals surface area contributed by atoms with Crippen molar-refractivity contribution < 1.29 is 9.90 Å². The zero-order valence-electron chi connectivity index (χ0n) is 14.0. The molecule has 0 aliphatic carbocycles. The number of fused-ring (bicyclic) bond motifs is 1. The number of hydrogen-bond acceptors (Lipinski definition) is 5. The summed E-state index contributed by atoms with van der Waals surface area (Å²) in [5.41, 5.74) is 3.42. The molecular weight excluding hydrogens is 340 g/mol. The molecule has 3 aromatic rings. The summed E-state index contributed by atoms with van der Waals surface area (Å²) < 4.78 is 0. The van der Waals surface area contributed by atoms with E-state index in [1.807, 2.05) is 6.92 Å². The lowest BCUT2D eigenvalue weighted by Crippen LogP contribution is -2.11. The molecule has 0 spiro atoms. The summed E-state index contributed by atoms with van der Waals surface area (Å²) in [6.07, 6.45) is 0. The van der Waals surface area contributed by atoms with E-state index in [9.17, 15) is 9.90 Å². The molecule has 0 amide bonds. The second-order valence-electron chi connectivity index (χ2n) is 5.75. The van der Waals surface area contributed by atoms with Crippen molar-refractivity contribution in [1.82, 2.24) is 9.97 Å². The number of thioether (sulfide) groups is 1. The van der Waals surface area contributed by atoms with Gasteiger partial charge in [0, 0.05) is 10.4 Å². The number of carbonyl (C=O) groups is 1. The molecule has 124 valence electrons. The number of benzene rings is 1. The lowest BCUT2D eigenvalue weighted by molar-refractivity contribution is -0.136. The Morgan fingerprint density at radius 3 is 2.46 bits per heavy atom. The maximum absolute atomic E-state index is 11.3. The zero-order valence-corrected chi connectivity index (χ0v) is 15.6. The Labute approximate surface area is 149 Å². The number of aryl methyl sites for hydroxylation is 3. The van der Waals surface area contributed by atoms with Crippen LogP contribution in [0, 0.1) is 20.8 Å². The van der Waals surface area contributed by atoms with E-state index in [0.717, 1.165) is 26.4 Å². The SMILES string of the molecule is Cc1ccc(-c2c(C)sc3nc(C)nc(SC(C)C(=O)O)c23)cc1. The summed E-state index contributed by atoms with van der Waals surface area (Å²) >= 11 is 2.91. The Balaban J connectivity index is 2.24. The third-order valence-electron chi connectivity index (χ3n) is 3.78. The van der Waals surface area contributed by atoms with E-state index < -0.39 is 11.2 Å². The minimum atomic E-state index is -0.840. The van der Waals surface area contributed by atoms with Crippen LogP contribution in [0.4, 0.5) is 0 Å². The highest BCUT2D eigenvalue weighted by molar-refractivity contribution is 8.00. The van der Waals surface area contributed by atoms with E-state index in [-0.39, 0.29) is 0 Å². The molecule has 1 aromatic carbocycles. The molecule has 6 heteroatoms. The molecule has 0 aliphatic heterocycles.